The highest BCUT2D eigenvalue weighted by Crippen LogP contribution is 2.33. The van der Waals surface area contributed by atoms with Crippen LogP contribution in [0.1, 0.15) is 23.4 Å². The molecule has 3 aromatic rings. The summed E-state index contributed by atoms with van der Waals surface area (Å²) in [5.74, 6) is 0.630. The molecule has 0 fully saturated rings. The summed E-state index contributed by atoms with van der Waals surface area (Å²) < 4.78 is 20.2. The molecule has 0 saturated heterocycles. The predicted octanol–water partition coefficient (Wildman–Crippen LogP) is 4.79. The van der Waals surface area contributed by atoms with E-state index in [1.807, 2.05) is 36.1 Å². The van der Waals surface area contributed by atoms with Gasteiger partial charge < -0.3 is 9.32 Å². The second-order valence-electron chi connectivity index (χ2n) is 6.26. The highest BCUT2D eigenvalue weighted by molar-refractivity contribution is 6.33. The fraction of sp³-hybridized carbons (Fsp3) is 0.263. The second kappa shape index (κ2) is 6.48. The van der Waals surface area contributed by atoms with Crippen LogP contribution in [0, 0.1) is 12.7 Å². The maximum atomic E-state index is 14.5. The zero-order valence-corrected chi connectivity index (χ0v) is 14.6. The minimum atomic E-state index is -0.194. The van der Waals surface area contributed by atoms with Gasteiger partial charge in [-0.05, 0) is 49.1 Å². The first-order chi connectivity index (χ1) is 12.1. The molecule has 0 amide bonds. The summed E-state index contributed by atoms with van der Waals surface area (Å²) in [5.41, 5.74) is 3.32. The Bertz CT molecular complexity index is 925. The molecule has 0 atom stereocenters. The van der Waals surface area contributed by atoms with Gasteiger partial charge in [0, 0.05) is 6.54 Å². The van der Waals surface area contributed by atoms with Crippen LogP contribution in [0.5, 0.6) is 0 Å². The molecule has 6 heteroatoms. The monoisotopic (exact) mass is 357 g/mol. The number of rotatable bonds is 3. The smallest absolute Gasteiger partial charge is 0.249 e. The Morgan fingerprint density at radius 3 is 2.92 bits per heavy atom. The summed E-state index contributed by atoms with van der Waals surface area (Å²) in [6.07, 6.45) is 1.86. The molecule has 25 heavy (non-hydrogen) atoms. The number of halogens is 2. The Hall–Kier alpha value is -2.40. The number of aromatic nitrogens is 2. The maximum Gasteiger partial charge on any atom is 0.249 e. The molecule has 0 unspecified atom stereocenters. The highest BCUT2D eigenvalue weighted by atomic mass is 35.5. The number of hydrogen-bond acceptors (Lipinski definition) is 4. The van der Waals surface area contributed by atoms with Gasteiger partial charge in [0.2, 0.25) is 11.8 Å². The Labute approximate surface area is 150 Å². The fourth-order valence-electron chi connectivity index (χ4n) is 3.31. The second-order valence-corrected chi connectivity index (χ2v) is 6.67. The normalized spacial score (nSPS) is 13.8. The third-order valence-corrected chi connectivity index (χ3v) is 4.70. The molecule has 4 nitrogen and oxygen atoms in total. The number of benzene rings is 2. The first-order valence-corrected chi connectivity index (χ1v) is 8.61. The standard InChI is InChI=1S/C19H17ClFN3O/c1-12-9-13-5-4-8-24(18(13)16(21)10-12)11-17-22-23-19(25-17)14-6-2-3-7-15(14)20/h2-3,6-7,9-10H,4-5,8,11H2,1H3. The van der Waals surface area contributed by atoms with Crippen LogP contribution in [0.2, 0.25) is 5.02 Å². The third kappa shape index (κ3) is 3.12. The molecule has 2 heterocycles. The minimum Gasteiger partial charge on any atom is -0.419 e. The van der Waals surface area contributed by atoms with Crippen LogP contribution in [0.3, 0.4) is 0 Å². The minimum absolute atomic E-state index is 0.194. The van der Waals surface area contributed by atoms with Crippen molar-refractivity contribution in [3.63, 3.8) is 0 Å². The summed E-state index contributed by atoms with van der Waals surface area (Å²) in [4.78, 5) is 1.97. The van der Waals surface area contributed by atoms with Crippen LogP contribution < -0.4 is 4.90 Å². The van der Waals surface area contributed by atoms with Crippen molar-refractivity contribution in [2.75, 3.05) is 11.4 Å². The van der Waals surface area contributed by atoms with Crippen LogP contribution in [0.4, 0.5) is 10.1 Å². The molecule has 4 rings (SSSR count). The van der Waals surface area contributed by atoms with Crippen molar-refractivity contribution >= 4 is 17.3 Å². The van der Waals surface area contributed by atoms with E-state index < -0.39 is 0 Å². The van der Waals surface area contributed by atoms with Crippen molar-refractivity contribution in [1.29, 1.82) is 0 Å². The van der Waals surface area contributed by atoms with Crippen molar-refractivity contribution in [3.05, 3.63) is 64.3 Å². The quantitative estimate of drug-likeness (QED) is 0.675. The highest BCUT2D eigenvalue weighted by Gasteiger charge is 2.23. The van der Waals surface area contributed by atoms with Crippen LogP contribution in [0.15, 0.2) is 40.8 Å². The van der Waals surface area contributed by atoms with Gasteiger partial charge in [-0.2, -0.15) is 0 Å². The van der Waals surface area contributed by atoms with Crippen molar-refractivity contribution in [3.8, 4) is 11.5 Å². The molecule has 0 bridgehead atoms. The molecule has 0 saturated carbocycles. The molecule has 1 aliphatic rings. The van der Waals surface area contributed by atoms with Crippen LogP contribution in [0.25, 0.3) is 11.5 Å². The first-order valence-electron chi connectivity index (χ1n) is 8.23. The molecule has 1 aliphatic heterocycles. The fourth-order valence-corrected chi connectivity index (χ4v) is 3.52. The number of aryl methyl sites for hydroxylation is 2. The number of hydrogen-bond donors (Lipinski definition) is 0. The van der Waals surface area contributed by atoms with Gasteiger partial charge in [0.1, 0.15) is 5.82 Å². The van der Waals surface area contributed by atoms with E-state index >= 15 is 0 Å². The first kappa shape index (κ1) is 16.1. The van der Waals surface area contributed by atoms with Crippen molar-refractivity contribution < 1.29 is 8.81 Å². The van der Waals surface area contributed by atoms with E-state index in [1.165, 1.54) is 0 Å². The van der Waals surface area contributed by atoms with Gasteiger partial charge in [-0.1, -0.05) is 29.8 Å². The average Bonchev–Trinajstić information content (AvgIpc) is 3.03. The van der Waals surface area contributed by atoms with Crippen LogP contribution in [-0.4, -0.2) is 16.7 Å². The SMILES string of the molecule is Cc1cc(F)c2c(c1)CCCN2Cc1nnc(-c2ccccc2Cl)o1. The van der Waals surface area contributed by atoms with Crippen molar-refractivity contribution in [2.24, 2.45) is 0 Å². The summed E-state index contributed by atoms with van der Waals surface area (Å²) in [6, 6.07) is 10.9. The molecular weight excluding hydrogens is 341 g/mol. The van der Waals surface area contributed by atoms with E-state index in [2.05, 4.69) is 10.2 Å². The van der Waals surface area contributed by atoms with Gasteiger partial charge >= 0.3 is 0 Å². The Kier molecular flexibility index (Phi) is 4.17. The van der Waals surface area contributed by atoms with Crippen LogP contribution in [-0.2, 0) is 13.0 Å². The average molecular weight is 358 g/mol. The van der Waals surface area contributed by atoms with Crippen molar-refractivity contribution in [2.45, 2.75) is 26.3 Å². The topological polar surface area (TPSA) is 42.2 Å². The lowest BCUT2D eigenvalue weighted by atomic mass is 9.99. The lowest BCUT2D eigenvalue weighted by Crippen LogP contribution is -2.30. The molecule has 128 valence electrons. The Balaban J connectivity index is 1.62. The molecule has 1 aromatic heterocycles. The lowest BCUT2D eigenvalue weighted by molar-refractivity contribution is 0.489. The molecular formula is C19H17ClFN3O. The van der Waals surface area contributed by atoms with E-state index in [0.29, 0.717) is 34.6 Å². The number of nitrogens with zero attached hydrogens (tertiary/aromatic N) is 3. The van der Waals surface area contributed by atoms with Gasteiger partial charge in [-0.25, -0.2) is 4.39 Å². The molecule has 0 aliphatic carbocycles. The predicted molar refractivity (Wildman–Crippen MR) is 95.3 cm³/mol. The van der Waals surface area contributed by atoms with E-state index in [4.69, 9.17) is 16.0 Å². The lowest BCUT2D eigenvalue weighted by Gasteiger charge is -2.30. The van der Waals surface area contributed by atoms with E-state index in [9.17, 15) is 4.39 Å². The third-order valence-electron chi connectivity index (χ3n) is 4.37. The van der Waals surface area contributed by atoms with Gasteiger partial charge in [0.05, 0.1) is 22.8 Å². The van der Waals surface area contributed by atoms with Gasteiger partial charge in [0.25, 0.3) is 0 Å². The summed E-state index contributed by atoms with van der Waals surface area (Å²) >= 11 is 6.17. The van der Waals surface area contributed by atoms with E-state index in [-0.39, 0.29) is 5.82 Å². The largest absolute Gasteiger partial charge is 0.419 e. The molecule has 2 aromatic carbocycles. The van der Waals surface area contributed by atoms with Crippen molar-refractivity contribution in [1.82, 2.24) is 10.2 Å². The van der Waals surface area contributed by atoms with E-state index in [0.717, 1.165) is 30.5 Å². The summed E-state index contributed by atoms with van der Waals surface area (Å²) in [5, 5.41) is 8.75. The zero-order valence-electron chi connectivity index (χ0n) is 13.8. The van der Waals surface area contributed by atoms with Gasteiger partial charge in [-0.3, -0.25) is 0 Å². The molecule has 0 spiro atoms. The van der Waals surface area contributed by atoms with Gasteiger partial charge in [-0.15, -0.1) is 10.2 Å². The number of fused-ring (bicyclic) bond motifs is 1. The van der Waals surface area contributed by atoms with E-state index in [1.54, 1.807) is 12.1 Å². The Morgan fingerprint density at radius 1 is 1.24 bits per heavy atom. The van der Waals surface area contributed by atoms with Gasteiger partial charge in [0.15, 0.2) is 0 Å². The number of anilines is 1. The summed E-state index contributed by atoms with van der Waals surface area (Å²) in [7, 11) is 0. The zero-order chi connectivity index (χ0) is 17.4. The molecule has 0 radical (unpaired) electrons. The Morgan fingerprint density at radius 2 is 2.08 bits per heavy atom. The summed E-state index contributed by atoms with van der Waals surface area (Å²) in [6.45, 7) is 3.05. The maximum absolute atomic E-state index is 14.5. The van der Waals surface area contributed by atoms with Crippen LogP contribution >= 0.6 is 11.6 Å². The molecule has 0 N–H and O–H groups in total.